The van der Waals surface area contributed by atoms with E-state index in [0.717, 1.165) is 4.31 Å². The van der Waals surface area contributed by atoms with Gasteiger partial charge in [0.1, 0.15) is 31.6 Å². The van der Waals surface area contributed by atoms with Crippen molar-refractivity contribution in [1.29, 1.82) is 0 Å². The number of rotatable bonds is 9. The lowest BCUT2D eigenvalue weighted by molar-refractivity contribution is -0.140. The van der Waals surface area contributed by atoms with Crippen LogP contribution < -0.4 is 19.1 Å². The van der Waals surface area contributed by atoms with Gasteiger partial charge in [0.2, 0.25) is 11.8 Å². The van der Waals surface area contributed by atoms with Crippen molar-refractivity contribution in [2.45, 2.75) is 50.7 Å². The first kappa shape index (κ1) is 29.9. The molecule has 1 heterocycles. The Labute approximate surface area is 239 Å². The number of hydrogen-bond acceptors (Lipinski definition) is 6. The number of nitrogens with one attached hydrogen (secondary N) is 1. The zero-order chi connectivity index (χ0) is 29.8. The molecule has 218 valence electrons. The minimum atomic E-state index is -4.22. The zero-order valence-electron chi connectivity index (χ0n) is 23.5. The predicted molar refractivity (Wildman–Crippen MR) is 153 cm³/mol. The third-order valence-corrected chi connectivity index (χ3v) is 8.14. The van der Waals surface area contributed by atoms with Gasteiger partial charge in [-0.05, 0) is 69.7 Å². The van der Waals surface area contributed by atoms with E-state index < -0.39 is 45.8 Å². The molecule has 0 bridgehead atoms. The molecular weight excluding hydrogens is 549 g/mol. The van der Waals surface area contributed by atoms with Crippen LogP contribution in [0, 0.1) is 5.82 Å². The van der Waals surface area contributed by atoms with Gasteiger partial charge in [0.05, 0.1) is 10.6 Å². The van der Waals surface area contributed by atoms with Crippen molar-refractivity contribution in [3.63, 3.8) is 0 Å². The summed E-state index contributed by atoms with van der Waals surface area (Å²) in [7, 11) is -4.22. The summed E-state index contributed by atoms with van der Waals surface area (Å²) >= 11 is 0. The monoisotopic (exact) mass is 583 g/mol. The Morgan fingerprint density at radius 3 is 2.22 bits per heavy atom. The molecule has 3 aromatic rings. The van der Waals surface area contributed by atoms with Gasteiger partial charge in [-0.3, -0.25) is 13.9 Å². The van der Waals surface area contributed by atoms with Crippen LogP contribution in [-0.2, 0) is 26.2 Å². The molecule has 2 amide bonds. The number of nitrogens with zero attached hydrogens (tertiary/aromatic N) is 2. The van der Waals surface area contributed by atoms with E-state index in [1.54, 1.807) is 37.3 Å². The Morgan fingerprint density at radius 2 is 1.59 bits per heavy atom. The largest absolute Gasteiger partial charge is 0.486 e. The molecule has 1 unspecified atom stereocenters. The second kappa shape index (κ2) is 12.2. The molecule has 1 aliphatic heterocycles. The number of ether oxygens (including phenoxy) is 2. The number of anilines is 1. The topological polar surface area (TPSA) is 105 Å². The van der Waals surface area contributed by atoms with Gasteiger partial charge in [-0.1, -0.05) is 30.3 Å². The highest BCUT2D eigenvalue weighted by atomic mass is 32.2. The van der Waals surface area contributed by atoms with Crippen LogP contribution in [0.5, 0.6) is 11.5 Å². The fraction of sp³-hybridized carbons (Fsp3) is 0.333. The summed E-state index contributed by atoms with van der Waals surface area (Å²) in [6.07, 6.45) is 0. The maximum absolute atomic E-state index is 14.0. The van der Waals surface area contributed by atoms with Crippen molar-refractivity contribution in [2.24, 2.45) is 0 Å². The van der Waals surface area contributed by atoms with Gasteiger partial charge >= 0.3 is 0 Å². The molecule has 9 nitrogen and oxygen atoms in total. The minimum absolute atomic E-state index is 0.00806. The Morgan fingerprint density at radius 1 is 0.951 bits per heavy atom. The van der Waals surface area contributed by atoms with E-state index in [1.165, 1.54) is 47.4 Å². The second-order valence-electron chi connectivity index (χ2n) is 10.7. The molecule has 11 heteroatoms. The first-order valence-electron chi connectivity index (χ1n) is 13.2. The van der Waals surface area contributed by atoms with Gasteiger partial charge in [0.25, 0.3) is 10.0 Å². The maximum atomic E-state index is 14.0. The average molecular weight is 584 g/mol. The summed E-state index contributed by atoms with van der Waals surface area (Å²) in [6.45, 7) is 7.04. The van der Waals surface area contributed by atoms with Crippen LogP contribution in [0.15, 0.2) is 77.7 Å². The van der Waals surface area contributed by atoms with Crippen LogP contribution in [0.1, 0.15) is 33.3 Å². The highest BCUT2D eigenvalue weighted by Gasteiger charge is 2.34. The van der Waals surface area contributed by atoms with E-state index >= 15 is 0 Å². The smallest absolute Gasteiger partial charge is 0.264 e. The number of carbonyl (C=O) groups excluding carboxylic acids is 2. The number of halogens is 1. The van der Waals surface area contributed by atoms with Crippen molar-refractivity contribution in [1.82, 2.24) is 10.2 Å². The molecule has 0 aliphatic carbocycles. The summed E-state index contributed by atoms with van der Waals surface area (Å²) in [5.74, 6) is -0.654. The number of carbonyl (C=O) groups is 2. The van der Waals surface area contributed by atoms with Crippen molar-refractivity contribution in [2.75, 3.05) is 24.1 Å². The number of sulfonamides is 1. The highest BCUT2D eigenvalue weighted by molar-refractivity contribution is 7.92. The van der Waals surface area contributed by atoms with Crippen molar-refractivity contribution >= 4 is 27.5 Å². The van der Waals surface area contributed by atoms with E-state index in [0.29, 0.717) is 30.3 Å². The summed E-state index contributed by atoms with van der Waals surface area (Å²) in [5.41, 5.74) is 0.205. The predicted octanol–water partition coefficient (Wildman–Crippen LogP) is 4.12. The van der Waals surface area contributed by atoms with Crippen molar-refractivity contribution in [3.05, 3.63) is 84.2 Å². The van der Waals surface area contributed by atoms with Crippen LogP contribution in [0.25, 0.3) is 0 Å². The van der Waals surface area contributed by atoms with Crippen molar-refractivity contribution in [3.8, 4) is 11.5 Å². The highest BCUT2D eigenvalue weighted by Crippen LogP contribution is 2.36. The van der Waals surface area contributed by atoms with Crippen molar-refractivity contribution < 1.29 is 31.9 Å². The molecule has 41 heavy (non-hydrogen) atoms. The van der Waals surface area contributed by atoms with Gasteiger partial charge < -0.3 is 19.7 Å². The molecule has 0 fully saturated rings. The number of hydrogen-bond donors (Lipinski definition) is 1. The third-order valence-electron chi connectivity index (χ3n) is 6.36. The maximum Gasteiger partial charge on any atom is 0.264 e. The van der Waals surface area contributed by atoms with Gasteiger partial charge in [-0.2, -0.15) is 0 Å². The molecule has 0 aromatic heterocycles. The number of fused-ring (bicyclic) bond motifs is 1. The van der Waals surface area contributed by atoms with Gasteiger partial charge in [0.15, 0.2) is 11.5 Å². The molecule has 3 aromatic carbocycles. The van der Waals surface area contributed by atoms with E-state index in [9.17, 15) is 22.4 Å². The van der Waals surface area contributed by atoms with Crippen LogP contribution in [0.2, 0.25) is 0 Å². The van der Waals surface area contributed by atoms with Gasteiger partial charge in [-0.25, -0.2) is 12.8 Å². The first-order chi connectivity index (χ1) is 19.3. The summed E-state index contributed by atoms with van der Waals surface area (Å²) in [6, 6.07) is 17.0. The Balaban J connectivity index is 1.73. The van der Waals surface area contributed by atoms with Crippen LogP contribution >= 0.6 is 0 Å². The lowest BCUT2D eigenvalue weighted by atomic mass is 10.1. The molecule has 1 aliphatic rings. The Bertz CT molecular complexity index is 1490. The van der Waals surface area contributed by atoms with E-state index in [-0.39, 0.29) is 17.1 Å². The van der Waals surface area contributed by atoms with E-state index in [2.05, 4.69) is 5.32 Å². The normalized spacial score (nSPS) is 13.7. The molecule has 0 saturated carbocycles. The first-order valence-corrected chi connectivity index (χ1v) is 14.6. The van der Waals surface area contributed by atoms with Crippen LogP contribution in [0.3, 0.4) is 0 Å². The standard InChI is InChI=1S/C30H34FN3O6S/c1-21(29(36)32-30(2,3)4)33(19-22-10-12-23(31)13-11-22)28(35)20-34(41(37,38)25-8-6-5-7-9-25)24-14-15-26-27(18-24)40-17-16-39-26/h5-15,18,21H,16-17,19-20H2,1-4H3,(H,32,36). The molecular formula is C30H34FN3O6S. The zero-order valence-corrected chi connectivity index (χ0v) is 24.3. The fourth-order valence-electron chi connectivity index (χ4n) is 4.28. The molecule has 1 N–H and O–H groups in total. The molecule has 0 spiro atoms. The van der Waals surface area contributed by atoms with E-state index in [4.69, 9.17) is 9.47 Å². The molecule has 4 rings (SSSR count). The molecule has 0 radical (unpaired) electrons. The Hall–Kier alpha value is -4.12. The quantitative estimate of drug-likeness (QED) is 0.406. The summed E-state index contributed by atoms with van der Waals surface area (Å²) in [5, 5.41) is 2.87. The SMILES string of the molecule is CC(C(=O)NC(C)(C)C)N(Cc1ccc(F)cc1)C(=O)CN(c1ccc2c(c1)OCCO2)S(=O)(=O)c1ccccc1. The summed E-state index contributed by atoms with van der Waals surface area (Å²) < 4.78 is 53.6. The van der Waals surface area contributed by atoms with Crippen LogP contribution in [0.4, 0.5) is 10.1 Å². The van der Waals surface area contributed by atoms with E-state index in [1.807, 2.05) is 20.8 Å². The number of benzene rings is 3. The molecule has 1 atom stereocenters. The second-order valence-corrected chi connectivity index (χ2v) is 12.6. The fourth-order valence-corrected chi connectivity index (χ4v) is 5.71. The lowest BCUT2D eigenvalue weighted by Gasteiger charge is -2.33. The lowest BCUT2D eigenvalue weighted by Crippen LogP contribution is -2.54. The average Bonchev–Trinajstić information content (AvgIpc) is 2.94. The van der Waals surface area contributed by atoms with Crippen LogP contribution in [-0.4, -0.2) is 56.5 Å². The van der Waals surface area contributed by atoms with Gasteiger partial charge in [-0.15, -0.1) is 0 Å². The van der Waals surface area contributed by atoms with Gasteiger partial charge in [0, 0.05) is 18.2 Å². The summed E-state index contributed by atoms with van der Waals surface area (Å²) in [4.78, 5) is 28.4. The number of amides is 2. The third kappa shape index (κ3) is 7.35. The minimum Gasteiger partial charge on any atom is -0.486 e. The molecule has 0 saturated heterocycles. The Kier molecular flexibility index (Phi) is 8.86.